The van der Waals surface area contributed by atoms with Gasteiger partial charge in [0.2, 0.25) is 11.9 Å². The van der Waals surface area contributed by atoms with Crippen molar-refractivity contribution < 1.29 is 13.6 Å². The number of rotatable bonds is 8. The molecule has 0 spiro atoms. The van der Waals surface area contributed by atoms with Gasteiger partial charge in [0.15, 0.2) is 18.0 Å². The van der Waals surface area contributed by atoms with Crippen molar-refractivity contribution in [3.05, 3.63) is 85.3 Å². The minimum absolute atomic E-state index is 0.389. The lowest BCUT2D eigenvalue weighted by Gasteiger charge is -2.12. The number of nitrogens with one attached hydrogen (secondary N) is 2. The van der Waals surface area contributed by atoms with E-state index < -0.39 is 0 Å². The number of methoxy groups -OCH3 is 1. The molecule has 0 saturated carbocycles. The third-order valence-corrected chi connectivity index (χ3v) is 4.82. The first-order valence-electron chi connectivity index (χ1n) is 10.2. The standard InChI is InChI=1S/C24H20N6O3/c1-31-20-12-17(9-10-19(20)21-14-25-15-33-21)27-24-29-22(16-6-3-2-4-7-16)28-23(30-24)26-13-18-8-5-11-32-18/h2-12,14-15H,13H2,1H3,(H2,26,27,28,29,30). The SMILES string of the molecule is COc1cc(Nc2nc(NCc3ccco3)nc(-c3ccccc3)n2)ccc1-c1cnco1. The van der Waals surface area contributed by atoms with E-state index >= 15 is 0 Å². The molecular formula is C24H20N6O3. The van der Waals surface area contributed by atoms with Crippen LogP contribution in [0.2, 0.25) is 0 Å². The van der Waals surface area contributed by atoms with Crippen molar-refractivity contribution in [2.24, 2.45) is 0 Å². The number of furan rings is 1. The maximum atomic E-state index is 5.54. The molecule has 3 heterocycles. The van der Waals surface area contributed by atoms with Crippen molar-refractivity contribution >= 4 is 17.6 Å². The molecule has 5 aromatic rings. The van der Waals surface area contributed by atoms with Gasteiger partial charge in [-0.2, -0.15) is 15.0 Å². The van der Waals surface area contributed by atoms with Crippen LogP contribution in [-0.2, 0) is 6.54 Å². The molecule has 164 valence electrons. The van der Waals surface area contributed by atoms with Gasteiger partial charge in [0.25, 0.3) is 0 Å². The number of ether oxygens (including phenoxy) is 1. The van der Waals surface area contributed by atoms with Crippen LogP contribution in [0.25, 0.3) is 22.7 Å². The maximum absolute atomic E-state index is 5.54. The first kappa shape index (κ1) is 20.3. The van der Waals surface area contributed by atoms with E-state index in [0.717, 1.165) is 22.6 Å². The van der Waals surface area contributed by atoms with Gasteiger partial charge >= 0.3 is 0 Å². The number of hydrogen-bond acceptors (Lipinski definition) is 9. The Morgan fingerprint density at radius 2 is 1.79 bits per heavy atom. The second-order valence-corrected chi connectivity index (χ2v) is 7.01. The molecule has 0 aliphatic rings. The van der Waals surface area contributed by atoms with Crippen molar-refractivity contribution in [3.8, 4) is 28.5 Å². The quantitative estimate of drug-likeness (QED) is 0.338. The molecule has 9 nitrogen and oxygen atoms in total. The second kappa shape index (κ2) is 9.23. The number of nitrogens with zero attached hydrogens (tertiary/aromatic N) is 4. The topological polar surface area (TPSA) is 111 Å². The van der Waals surface area contributed by atoms with Crippen molar-refractivity contribution in [2.45, 2.75) is 6.54 Å². The van der Waals surface area contributed by atoms with E-state index in [4.69, 9.17) is 13.6 Å². The normalized spacial score (nSPS) is 10.7. The van der Waals surface area contributed by atoms with Crippen molar-refractivity contribution in [3.63, 3.8) is 0 Å². The molecule has 0 bridgehead atoms. The molecular weight excluding hydrogens is 420 g/mol. The first-order valence-corrected chi connectivity index (χ1v) is 10.2. The average molecular weight is 440 g/mol. The van der Waals surface area contributed by atoms with E-state index in [2.05, 4.69) is 30.6 Å². The largest absolute Gasteiger partial charge is 0.496 e. The summed E-state index contributed by atoms with van der Waals surface area (Å²) in [5, 5.41) is 6.44. The lowest BCUT2D eigenvalue weighted by molar-refractivity contribution is 0.415. The first-order chi connectivity index (χ1) is 16.3. The van der Waals surface area contributed by atoms with Gasteiger partial charge in [-0.05, 0) is 24.3 Å². The molecule has 0 amide bonds. The summed E-state index contributed by atoms with van der Waals surface area (Å²) in [5.74, 6) is 3.38. The van der Waals surface area contributed by atoms with Crippen LogP contribution in [0.3, 0.4) is 0 Å². The summed E-state index contributed by atoms with van der Waals surface area (Å²) >= 11 is 0. The number of hydrogen-bond donors (Lipinski definition) is 2. The summed E-state index contributed by atoms with van der Waals surface area (Å²) < 4.78 is 16.3. The van der Waals surface area contributed by atoms with Crippen molar-refractivity contribution in [1.82, 2.24) is 19.9 Å². The van der Waals surface area contributed by atoms with Crippen molar-refractivity contribution in [1.29, 1.82) is 0 Å². The van der Waals surface area contributed by atoms with E-state index in [1.54, 1.807) is 19.6 Å². The molecule has 0 aliphatic carbocycles. The summed E-state index contributed by atoms with van der Waals surface area (Å²) in [6, 6.07) is 19.1. The molecule has 0 radical (unpaired) electrons. The molecule has 5 rings (SSSR count). The summed E-state index contributed by atoms with van der Waals surface area (Å²) in [5.41, 5.74) is 2.42. The van der Waals surface area contributed by atoms with Crippen LogP contribution in [0, 0.1) is 0 Å². The summed E-state index contributed by atoms with van der Waals surface area (Å²) in [7, 11) is 1.60. The fourth-order valence-electron chi connectivity index (χ4n) is 3.26. The highest BCUT2D eigenvalue weighted by Crippen LogP contribution is 2.33. The van der Waals surface area contributed by atoms with Crippen LogP contribution in [-0.4, -0.2) is 27.0 Å². The molecule has 0 fully saturated rings. The Labute approximate surface area is 189 Å². The van der Waals surface area contributed by atoms with E-state index in [9.17, 15) is 0 Å². The fraction of sp³-hybridized carbons (Fsp3) is 0.0833. The zero-order chi connectivity index (χ0) is 22.5. The number of benzene rings is 2. The zero-order valence-corrected chi connectivity index (χ0v) is 17.7. The number of oxazole rings is 1. The predicted molar refractivity (Wildman–Crippen MR) is 123 cm³/mol. The summed E-state index contributed by atoms with van der Waals surface area (Å²) in [4.78, 5) is 17.7. The monoisotopic (exact) mass is 440 g/mol. The van der Waals surface area contributed by atoms with Crippen LogP contribution in [0.15, 0.2) is 88.4 Å². The van der Waals surface area contributed by atoms with Gasteiger partial charge in [-0.15, -0.1) is 0 Å². The van der Waals surface area contributed by atoms with Gasteiger partial charge in [-0.25, -0.2) is 4.98 Å². The lowest BCUT2D eigenvalue weighted by Crippen LogP contribution is -2.08. The lowest BCUT2D eigenvalue weighted by atomic mass is 10.1. The highest BCUT2D eigenvalue weighted by Gasteiger charge is 2.13. The molecule has 9 heteroatoms. The van der Waals surface area contributed by atoms with Gasteiger partial charge in [0.1, 0.15) is 11.5 Å². The number of anilines is 3. The van der Waals surface area contributed by atoms with Gasteiger partial charge in [-0.1, -0.05) is 30.3 Å². The molecule has 0 saturated heterocycles. The van der Waals surface area contributed by atoms with Crippen molar-refractivity contribution in [2.75, 3.05) is 17.7 Å². The van der Waals surface area contributed by atoms with E-state index in [1.807, 2.05) is 60.7 Å². The highest BCUT2D eigenvalue weighted by molar-refractivity contribution is 5.71. The molecule has 2 N–H and O–H groups in total. The average Bonchev–Trinajstić information content (AvgIpc) is 3.58. The molecule has 2 aromatic carbocycles. The molecule has 0 atom stereocenters. The Morgan fingerprint density at radius 1 is 0.909 bits per heavy atom. The molecule has 33 heavy (non-hydrogen) atoms. The van der Waals surface area contributed by atoms with Crippen LogP contribution >= 0.6 is 0 Å². The minimum Gasteiger partial charge on any atom is -0.496 e. The molecule has 0 unspecified atom stereocenters. The Hall–Kier alpha value is -4.66. The summed E-state index contributed by atoms with van der Waals surface area (Å²) in [6.45, 7) is 0.449. The maximum Gasteiger partial charge on any atom is 0.232 e. The van der Waals surface area contributed by atoms with E-state index in [0.29, 0.717) is 35.8 Å². The Morgan fingerprint density at radius 3 is 2.55 bits per heavy atom. The van der Waals surface area contributed by atoms with Gasteiger partial charge < -0.3 is 24.2 Å². The summed E-state index contributed by atoms with van der Waals surface area (Å²) in [6.07, 6.45) is 4.65. The van der Waals surface area contributed by atoms with Gasteiger partial charge in [0.05, 0.1) is 31.7 Å². The van der Waals surface area contributed by atoms with Crippen LogP contribution in [0.5, 0.6) is 5.75 Å². The van der Waals surface area contributed by atoms with E-state index in [-0.39, 0.29) is 0 Å². The fourth-order valence-corrected chi connectivity index (χ4v) is 3.26. The third-order valence-electron chi connectivity index (χ3n) is 4.82. The van der Waals surface area contributed by atoms with Crippen LogP contribution in [0.4, 0.5) is 17.6 Å². The Bertz CT molecular complexity index is 1320. The minimum atomic E-state index is 0.389. The third kappa shape index (κ3) is 4.67. The van der Waals surface area contributed by atoms with Crippen LogP contribution < -0.4 is 15.4 Å². The van der Waals surface area contributed by atoms with E-state index in [1.165, 1.54) is 6.39 Å². The van der Waals surface area contributed by atoms with Gasteiger partial charge in [0, 0.05) is 17.3 Å². The predicted octanol–water partition coefficient (Wildman–Crippen LogP) is 5.15. The number of aromatic nitrogens is 4. The second-order valence-electron chi connectivity index (χ2n) is 7.01. The molecule has 3 aromatic heterocycles. The molecule has 0 aliphatic heterocycles. The highest BCUT2D eigenvalue weighted by atomic mass is 16.5. The zero-order valence-electron chi connectivity index (χ0n) is 17.7. The van der Waals surface area contributed by atoms with Crippen LogP contribution in [0.1, 0.15) is 5.76 Å². The smallest absolute Gasteiger partial charge is 0.232 e. The van der Waals surface area contributed by atoms with Gasteiger partial charge in [-0.3, -0.25) is 0 Å². The Balaban J connectivity index is 1.45. The Kier molecular flexibility index (Phi) is 5.66.